The number of amides is 3. The minimum Gasteiger partial charge on any atom is -0.353 e. The molecule has 0 aliphatic carbocycles. The molecule has 1 aliphatic rings. The number of nitrogens with zero attached hydrogens (tertiary/aromatic N) is 1. The molecule has 5 heteroatoms. The van der Waals surface area contributed by atoms with Gasteiger partial charge in [-0.05, 0) is 31.9 Å². The molecule has 2 N–H and O–H groups in total. The largest absolute Gasteiger partial charge is 0.353 e. The highest BCUT2D eigenvalue weighted by molar-refractivity contribution is 5.85. The van der Waals surface area contributed by atoms with E-state index in [-0.39, 0.29) is 24.5 Å². The summed E-state index contributed by atoms with van der Waals surface area (Å²) in [5.74, 6) is -0.106. The number of hydrogen-bond acceptors (Lipinski definition) is 2. The molecule has 108 valence electrons. The Morgan fingerprint density at radius 2 is 2.15 bits per heavy atom. The highest BCUT2D eigenvalue weighted by atomic mass is 16.2. The van der Waals surface area contributed by atoms with Gasteiger partial charge in [0.1, 0.15) is 6.54 Å². The van der Waals surface area contributed by atoms with Crippen LogP contribution in [0.25, 0.3) is 0 Å². The molecule has 0 spiro atoms. The van der Waals surface area contributed by atoms with E-state index in [2.05, 4.69) is 16.7 Å². The predicted molar refractivity (Wildman–Crippen MR) is 77.4 cm³/mol. The number of piperazine rings is 1. The van der Waals surface area contributed by atoms with E-state index in [9.17, 15) is 9.59 Å². The number of urea groups is 1. The number of rotatable bonds is 2. The van der Waals surface area contributed by atoms with Gasteiger partial charge in [-0.2, -0.15) is 0 Å². The lowest BCUT2D eigenvalue weighted by Gasteiger charge is -2.28. The SMILES string of the molecule is Cc1ccc([C@H](C)NC(=O)N2CCNC(=O)C2)c(C)c1. The van der Waals surface area contributed by atoms with Crippen LogP contribution in [0, 0.1) is 13.8 Å². The summed E-state index contributed by atoms with van der Waals surface area (Å²) >= 11 is 0. The van der Waals surface area contributed by atoms with Gasteiger partial charge < -0.3 is 15.5 Å². The molecule has 1 heterocycles. The second kappa shape index (κ2) is 5.94. The second-order valence-corrected chi connectivity index (χ2v) is 5.30. The monoisotopic (exact) mass is 275 g/mol. The average molecular weight is 275 g/mol. The number of aryl methyl sites for hydroxylation is 2. The molecule has 20 heavy (non-hydrogen) atoms. The number of carbonyl (C=O) groups excluding carboxylic acids is 2. The smallest absolute Gasteiger partial charge is 0.318 e. The molecular formula is C15H21N3O2. The lowest BCUT2D eigenvalue weighted by Crippen LogP contribution is -2.53. The first-order valence-corrected chi connectivity index (χ1v) is 6.86. The molecule has 1 aromatic rings. The van der Waals surface area contributed by atoms with Crippen molar-refractivity contribution in [3.8, 4) is 0 Å². The van der Waals surface area contributed by atoms with Gasteiger partial charge >= 0.3 is 6.03 Å². The molecule has 0 radical (unpaired) electrons. The highest BCUT2D eigenvalue weighted by Crippen LogP contribution is 2.18. The minimum absolute atomic E-state index is 0.0758. The summed E-state index contributed by atoms with van der Waals surface area (Å²) < 4.78 is 0. The van der Waals surface area contributed by atoms with Crippen molar-refractivity contribution in [2.24, 2.45) is 0 Å². The van der Waals surface area contributed by atoms with Crippen LogP contribution in [0.2, 0.25) is 0 Å². The Bertz CT molecular complexity index is 528. The molecule has 2 rings (SSSR count). The van der Waals surface area contributed by atoms with Crippen LogP contribution in [0.1, 0.15) is 29.7 Å². The van der Waals surface area contributed by atoms with Crippen molar-refractivity contribution in [2.45, 2.75) is 26.8 Å². The Labute approximate surface area is 119 Å². The van der Waals surface area contributed by atoms with Crippen molar-refractivity contribution in [1.29, 1.82) is 0 Å². The summed E-state index contributed by atoms with van der Waals surface area (Å²) in [7, 11) is 0. The summed E-state index contributed by atoms with van der Waals surface area (Å²) in [6, 6.07) is 5.92. The molecule has 3 amide bonds. The molecule has 1 atom stereocenters. The molecule has 0 saturated carbocycles. The maximum atomic E-state index is 12.1. The third kappa shape index (κ3) is 3.29. The summed E-state index contributed by atoms with van der Waals surface area (Å²) in [5, 5.41) is 5.66. The molecule has 0 bridgehead atoms. The van der Waals surface area contributed by atoms with E-state index in [4.69, 9.17) is 0 Å². The first-order chi connectivity index (χ1) is 9.47. The van der Waals surface area contributed by atoms with Gasteiger partial charge in [-0.1, -0.05) is 23.8 Å². The molecule has 5 nitrogen and oxygen atoms in total. The minimum atomic E-state index is -0.188. The molecule has 1 saturated heterocycles. The van der Waals surface area contributed by atoms with Crippen molar-refractivity contribution in [2.75, 3.05) is 19.6 Å². The molecule has 0 unspecified atom stereocenters. The van der Waals surface area contributed by atoms with Gasteiger partial charge in [-0.3, -0.25) is 4.79 Å². The van der Waals surface area contributed by atoms with Crippen LogP contribution >= 0.6 is 0 Å². The summed E-state index contributed by atoms with van der Waals surface area (Å²) in [4.78, 5) is 25.0. The normalized spacial score (nSPS) is 16.6. The molecule has 1 aromatic carbocycles. The second-order valence-electron chi connectivity index (χ2n) is 5.30. The fraction of sp³-hybridized carbons (Fsp3) is 0.467. The van der Waals surface area contributed by atoms with Crippen molar-refractivity contribution in [3.05, 3.63) is 34.9 Å². The first-order valence-electron chi connectivity index (χ1n) is 6.86. The number of carbonyl (C=O) groups is 2. The van der Waals surface area contributed by atoms with E-state index in [0.29, 0.717) is 13.1 Å². The Balaban J connectivity index is 2.01. The average Bonchev–Trinajstić information content (AvgIpc) is 2.38. The molecule has 1 aliphatic heterocycles. The van der Waals surface area contributed by atoms with Gasteiger partial charge in [0, 0.05) is 13.1 Å². The van der Waals surface area contributed by atoms with Gasteiger partial charge in [0.2, 0.25) is 5.91 Å². The van der Waals surface area contributed by atoms with Gasteiger partial charge in [-0.25, -0.2) is 4.79 Å². The van der Waals surface area contributed by atoms with E-state index in [1.54, 1.807) is 4.90 Å². The van der Waals surface area contributed by atoms with E-state index in [1.165, 1.54) is 5.56 Å². The zero-order chi connectivity index (χ0) is 14.7. The van der Waals surface area contributed by atoms with E-state index < -0.39 is 0 Å². The summed E-state index contributed by atoms with van der Waals surface area (Å²) in [5.41, 5.74) is 3.47. The van der Waals surface area contributed by atoms with Gasteiger partial charge in [0.05, 0.1) is 6.04 Å². The number of benzene rings is 1. The summed E-state index contributed by atoms with van der Waals surface area (Å²) in [6.45, 7) is 7.25. The van der Waals surface area contributed by atoms with E-state index in [1.807, 2.05) is 32.9 Å². The fourth-order valence-corrected chi connectivity index (χ4v) is 2.48. The van der Waals surface area contributed by atoms with E-state index >= 15 is 0 Å². The number of nitrogens with one attached hydrogen (secondary N) is 2. The Morgan fingerprint density at radius 3 is 2.80 bits per heavy atom. The van der Waals surface area contributed by atoms with Crippen LogP contribution in [0.4, 0.5) is 4.79 Å². The molecule has 0 aromatic heterocycles. The quantitative estimate of drug-likeness (QED) is 0.859. The van der Waals surface area contributed by atoms with E-state index in [0.717, 1.165) is 11.1 Å². The van der Waals surface area contributed by atoms with Crippen LogP contribution in [0.15, 0.2) is 18.2 Å². The zero-order valence-corrected chi connectivity index (χ0v) is 12.2. The van der Waals surface area contributed by atoms with Crippen molar-refractivity contribution < 1.29 is 9.59 Å². The fourth-order valence-electron chi connectivity index (χ4n) is 2.48. The van der Waals surface area contributed by atoms with Gasteiger partial charge in [-0.15, -0.1) is 0 Å². The maximum absolute atomic E-state index is 12.1. The lowest BCUT2D eigenvalue weighted by atomic mass is 10.0. The van der Waals surface area contributed by atoms with Crippen molar-refractivity contribution in [1.82, 2.24) is 15.5 Å². The Morgan fingerprint density at radius 1 is 1.40 bits per heavy atom. The number of hydrogen-bond donors (Lipinski definition) is 2. The van der Waals surface area contributed by atoms with Gasteiger partial charge in [0.25, 0.3) is 0 Å². The van der Waals surface area contributed by atoms with Crippen LogP contribution in [-0.4, -0.2) is 36.5 Å². The predicted octanol–water partition coefficient (Wildman–Crippen LogP) is 1.51. The lowest BCUT2D eigenvalue weighted by molar-refractivity contribution is -0.123. The standard InChI is InChI=1S/C15H21N3O2/c1-10-4-5-13(11(2)8-10)12(3)17-15(20)18-7-6-16-14(19)9-18/h4-5,8,12H,6-7,9H2,1-3H3,(H,16,19)(H,17,20)/t12-/m0/s1. The first kappa shape index (κ1) is 14.4. The van der Waals surface area contributed by atoms with Crippen molar-refractivity contribution >= 4 is 11.9 Å². The Kier molecular flexibility index (Phi) is 4.27. The van der Waals surface area contributed by atoms with Crippen LogP contribution in [0.5, 0.6) is 0 Å². The highest BCUT2D eigenvalue weighted by Gasteiger charge is 2.22. The molecular weight excluding hydrogens is 254 g/mol. The Hall–Kier alpha value is -2.04. The third-order valence-corrected chi connectivity index (χ3v) is 3.56. The topological polar surface area (TPSA) is 61.4 Å². The van der Waals surface area contributed by atoms with Crippen LogP contribution in [0.3, 0.4) is 0 Å². The van der Waals surface area contributed by atoms with Crippen LogP contribution < -0.4 is 10.6 Å². The van der Waals surface area contributed by atoms with Crippen molar-refractivity contribution in [3.63, 3.8) is 0 Å². The third-order valence-electron chi connectivity index (χ3n) is 3.56. The van der Waals surface area contributed by atoms with Gasteiger partial charge in [0.15, 0.2) is 0 Å². The zero-order valence-electron chi connectivity index (χ0n) is 12.2. The summed E-state index contributed by atoms with van der Waals surface area (Å²) in [6.07, 6.45) is 0. The maximum Gasteiger partial charge on any atom is 0.318 e. The van der Waals surface area contributed by atoms with Crippen LogP contribution in [-0.2, 0) is 4.79 Å². The molecule has 1 fully saturated rings.